The number of hydrogen-bond acceptors (Lipinski definition) is 3. The molecule has 2 N–H and O–H groups in total. The molecule has 0 aliphatic carbocycles. The molecule has 1 aliphatic heterocycles. The molecule has 2 rings (SSSR count). The number of anilines is 1. The number of carbonyl (C=O) groups excluding carboxylic acids is 2. The van der Waals surface area contributed by atoms with Crippen LogP contribution < -0.4 is 5.32 Å². The fourth-order valence-electron chi connectivity index (χ4n) is 2.50. The van der Waals surface area contributed by atoms with Crippen LogP contribution in [0, 0.1) is 11.7 Å². The van der Waals surface area contributed by atoms with Crippen LogP contribution in [0.5, 0.6) is 0 Å². The summed E-state index contributed by atoms with van der Waals surface area (Å²) in [7, 11) is 0. The summed E-state index contributed by atoms with van der Waals surface area (Å²) in [6, 6.07) is 3.73. The second-order valence-corrected chi connectivity index (χ2v) is 5.88. The maximum Gasteiger partial charge on any atom is 0.313 e. The minimum absolute atomic E-state index is 0.121. The Hall–Kier alpha value is -1.66. The predicted octanol–water partition coefficient (Wildman–Crippen LogP) is 2.04. The van der Waals surface area contributed by atoms with Crippen molar-refractivity contribution in [3.8, 4) is 0 Å². The normalized spacial score (nSPS) is 17.2. The third-order valence-electron chi connectivity index (χ3n) is 3.88. The lowest BCUT2D eigenvalue weighted by Crippen LogP contribution is -2.45. The first kappa shape index (κ1) is 16.7. The van der Waals surface area contributed by atoms with E-state index in [9.17, 15) is 19.1 Å². The Morgan fingerprint density at radius 3 is 2.64 bits per heavy atom. The molecule has 0 saturated carbocycles. The quantitative estimate of drug-likeness (QED) is 0.816. The minimum atomic E-state index is -0.892. The van der Waals surface area contributed by atoms with Crippen LogP contribution in [-0.2, 0) is 9.59 Å². The van der Waals surface area contributed by atoms with Crippen molar-refractivity contribution < 1.29 is 19.1 Å². The van der Waals surface area contributed by atoms with Gasteiger partial charge >= 0.3 is 11.8 Å². The average molecular weight is 329 g/mol. The number of nitrogens with one attached hydrogen (secondary N) is 1. The molecule has 1 aliphatic rings. The third-order valence-corrected chi connectivity index (χ3v) is 4.11. The highest BCUT2D eigenvalue weighted by Crippen LogP contribution is 2.22. The molecule has 0 aromatic heterocycles. The van der Waals surface area contributed by atoms with E-state index in [1.54, 1.807) is 6.92 Å². The number of benzene rings is 1. The van der Waals surface area contributed by atoms with E-state index >= 15 is 0 Å². The Bertz CT molecular complexity index is 572. The molecule has 1 unspecified atom stereocenters. The topological polar surface area (TPSA) is 69.6 Å². The fraction of sp³-hybridized carbons (Fsp3) is 0.467. The van der Waals surface area contributed by atoms with Gasteiger partial charge in [-0.1, -0.05) is 11.6 Å². The molecule has 0 radical (unpaired) electrons. The Balaban J connectivity index is 1.96. The summed E-state index contributed by atoms with van der Waals surface area (Å²) in [6.45, 7) is 2.52. The van der Waals surface area contributed by atoms with Crippen LogP contribution in [0.4, 0.5) is 10.1 Å². The Morgan fingerprint density at radius 1 is 1.41 bits per heavy atom. The second-order valence-electron chi connectivity index (χ2n) is 5.45. The van der Waals surface area contributed by atoms with Crippen LogP contribution >= 0.6 is 11.6 Å². The zero-order valence-electron chi connectivity index (χ0n) is 12.2. The van der Waals surface area contributed by atoms with E-state index in [-0.39, 0.29) is 16.6 Å². The number of nitrogens with zero attached hydrogens (tertiary/aromatic N) is 1. The first-order chi connectivity index (χ1) is 10.4. The number of amides is 2. The predicted molar refractivity (Wildman–Crippen MR) is 81.0 cm³/mol. The van der Waals surface area contributed by atoms with Gasteiger partial charge in [-0.05, 0) is 43.9 Å². The van der Waals surface area contributed by atoms with E-state index in [4.69, 9.17) is 11.6 Å². The Kier molecular flexibility index (Phi) is 5.37. The Morgan fingerprint density at radius 2 is 2.05 bits per heavy atom. The average Bonchev–Trinajstić information content (AvgIpc) is 2.50. The molecule has 1 atom stereocenters. The molecular weight excluding hydrogens is 311 g/mol. The van der Waals surface area contributed by atoms with Crippen LogP contribution in [0.2, 0.25) is 5.02 Å². The van der Waals surface area contributed by atoms with Gasteiger partial charge in [-0.2, -0.15) is 0 Å². The van der Waals surface area contributed by atoms with Gasteiger partial charge in [0.25, 0.3) is 0 Å². The number of piperidine rings is 1. The molecule has 1 saturated heterocycles. The molecule has 0 bridgehead atoms. The molecule has 120 valence electrons. The van der Waals surface area contributed by atoms with Gasteiger partial charge in [0.1, 0.15) is 5.82 Å². The summed E-state index contributed by atoms with van der Waals surface area (Å²) in [5, 5.41) is 12.0. The number of rotatable bonds is 2. The molecule has 0 spiro atoms. The molecule has 7 heteroatoms. The van der Waals surface area contributed by atoms with Crippen molar-refractivity contribution in [3.05, 3.63) is 29.0 Å². The van der Waals surface area contributed by atoms with Crippen molar-refractivity contribution in [2.45, 2.75) is 25.9 Å². The zero-order chi connectivity index (χ0) is 16.3. The van der Waals surface area contributed by atoms with Crippen molar-refractivity contribution in [2.24, 2.45) is 5.92 Å². The number of halogens is 2. The lowest BCUT2D eigenvalue weighted by molar-refractivity contribution is -0.144. The summed E-state index contributed by atoms with van der Waals surface area (Å²) in [5.41, 5.74) is -0.121. The number of aliphatic hydroxyl groups excluding tert-OH is 1. The second kappa shape index (κ2) is 7.07. The molecule has 1 aromatic carbocycles. The van der Waals surface area contributed by atoms with Crippen LogP contribution in [0.25, 0.3) is 0 Å². The van der Waals surface area contributed by atoms with Gasteiger partial charge in [-0.15, -0.1) is 0 Å². The number of hydrogen-bond donors (Lipinski definition) is 2. The van der Waals surface area contributed by atoms with Crippen molar-refractivity contribution in [3.63, 3.8) is 0 Å². The highest BCUT2D eigenvalue weighted by Gasteiger charge is 2.29. The van der Waals surface area contributed by atoms with E-state index in [0.29, 0.717) is 25.9 Å². The summed E-state index contributed by atoms with van der Waals surface area (Å²) >= 11 is 5.74. The minimum Gasteiger partial charge on any atom is -0.393 e. The smallest absolute Gasteiger partial charge is 0.313 e. The van der Waals surface area contributed by atoms with Gasteiger partial charge < -0.3 is 15.3 Å². The summed E-state index contributed by atoms with van der Waals surface area (Å²) in [5.74, 6) is -2.11. The summed E-state index contributed by atoms with van der Waals surface area (Å²) in [4.78, 5) is 25.4. The highest BCUT2D eigenvalue weighted by atomic mass is 35.5. The molecular formula is C15H18ClFN2O3. The van der Waals surface area contributed by atoms with Crippen molar-refractivity contribution in [1.29, 1.82) is 0 Å². The van der Waals surface area contributed by atoms with Crippen LogP contribution in [0.15, 0.2) is 18.2 Å². The lowest BCUT2D eigenvalue weighted by atomic mass is 9.92. The Labute approximate surface area is 133 Å². The van der Waals surface area contributed by atoms with Gasteiger partial charge in [0.2, 0.25) is 0 Å². The van der Waals surface area contributed by atoms with E-state index in [2.05, 4.69) is 5.32 Å². The third kappa shape index (κ3) is 3.96. The van der Waals surface area contributed by atoms with Gasteiger partial charge in [0, 0.05) is 18.1 Å². The molecule has 22 heavy (non-hydrogen) atoms. The maximum absolute atomic E-state index is 13.5. The van der Waals surface area contributed by atoms with Crippen molar-refractivity contribution in [1.82, 2.24) is 4.90 Å². The van der Waals surface area contributed by atoms with Gasteiger partial charge in [-0.25, -0.2) is 4.39 Å². The number of likely N-dealkylation sites (tertiary alicyclic amines) is 1. The van der Waals surface area contributed by atoms with E-state index in [0.717, 1.165) is 6.07 Å². The zero-order valence-corrected chi connectivity index (χ0v) is 12.9. The maximum atomic E-state index is 13.5. The van der Waals surface area contributed by atoms with Crippen LogP contribution in [0.1, 0.15) is 19.8 Å². The van der Waals surface area contributed by atoms with Gasteiger partial charge in [0.05, 0.1) is 11.8 Å². The summed E-state index contributed by atoms with van der Waals surface area (Å²) < 4.78 is 13.5. The molecule has 5 nitrogen and oxygen atoms in total. The summed E-state index contributed by atoms with van der Waals surface area (Å²) in [6.07, 6.45) is 0.858. The number of aliphatic hydroxyl groups is 1. The van der Waals surface area contributed by atoms with Crippen molar-refractivity contribution in [2.75, 3.05) is 18.4 Å². The molecule has 1 aromatic rings. The fourth-order valence-corrected chi connectivity index (χ4v) is 2.67. The first-order valence-corrected chi connectivity index (χ1v) is 7.49. The standard InChI is InChI=1S/C15H18ClFN2O3/c1-9(20)10-4-6-19(7-5-10)15(22)14(21)18-13-8-11(16)2-3-12(13)17/h2-3,8-10,20H,4-7H2,1H3,(H,18,21). The van der Waals surface area contributed by atoms with E-state index in [1.165, 1.54) is 17.0 Å². The molecule has 2 amide bonds. The van der Waals surface area contributed by atoms with E-state index in [1.807, 2.05) is 0 Å². The SMILES string of the molecule is CC(O)C1CCN(C(=O)C(=O)Nc2cc(Cl)ccc2F)CC1. The van der Waals surface area contributed by atoms with Crippen molar-refractivity contribution >= 4 is 29.1 Å². The van der Waals surface area contributed by atoms with Crippen LogP contribution in [0.3, 0.4) is 0 Å². The molecule has 1 heterocycles. The molecule has 1 fully saturated rings. The van der Waals surface area contributed by atoms with Crippen LogP contribution in [-0.4, -0.2) is 41.0 Å². The van der Waals surface area contributed by atoms with E-state index < -0.39 is 23.7 Å². The largest absolute Gasteiger partial charge is 0.393 e. The lowest BCUT2D eigenvalue weighted by Gasteiger charge is -2.32. The monoisotopic (exact) mass is 328 g/mol. The highest BCUT2D eigenvalue weighted by molar-refractivity contribution is 6.39. The van der Waals surface area contributed by atoms with Gasteiger partial charge in [0.15, 0.2) is 0 Å². The number of carbonyl (C=O) groups is 2. The van der Waals surface area contributed by atoms with Gasteiger partial charge in [-0.3, -0.25) is 9.59 Å². The first-order valence-electron chi connectivity index (χ1n) is 7.12.